The number of likely N-dealkylation sites (tertiary alicyclic amines) is 1. The topological polar surface area (TPSA) is 57.6 Å². The molecule has 1 heterocycles. The zero-order chi connectivity index (χ0) is 16.3. The van der Waals surface area contributed by atoms with Crippen LogP contribution in [0.15, 0.2) is 18.2 Å². The Bertz CT molecular complexity index is 569. The van der Waals surface area contributed by atoms with Gasteiger partial charge in [-0.3, -0.25) is 14.5 Å². The van der Waals surface area contributed by atoms with Gasteiger partial charge in [0, 0.05) is 5.92 Å². The Labute approximate surface area is 127 Å². The Kier molecular flexibility index (Phi) is 5.24. The molecule has 0 amide bonds. The van der Waals surface area contributed by atoms with E-state index in [4.69, 9.17) is 5.11 Å². The second-order valence-corrected chi connectivity index (χ2v) is 5.56. The van der Waals surface area contributed by atoms with Crippen molar-refractivity contribution in [1.82, 2.24) is 4.90 Å². The number of halogens is 2. The van der Waals surface area contributed by atoms with Gasteiger partial charge in [-0.15, -0.1) is 0 Å². The highest BCUT2D eigenvalue weighted by molar-refractivity contribution is 5.98. The van der Waals surface area contributed by atoms with Crippen LogP contribution in [-0.2, 0) is 4.79 Å². The van der Waals surface area contributed by atoms with Gasteiger partial charge in [-0.2, -0.15) is 0 Å². The maximum absolute atomic E-state index is 13.7. The number of piperidine rings is 1. The zero-order valence-corrected chi connectivity index (χ0v) is 12.4. The summed E-state index contributed by atoms with van der Waals surface area (Å²) in [7, 11) is 0. The highest BCUT2D eigenvalue weighted by Gasteiger charge is 2.32. The third-order valence-corrected chi connectivity index (χ3v) is 4.21. The average Bonchev–Trinajstić information content (AvgIpc) is 2.50. The van der Waals surface area contributed by atoms with Gasteiger partial charge in [-0.1, -0.05) is 6.92 Å². The van der Waals surface area contributed by atoms with E-state index in [2.05, 4.69) is 0 Å². The van der Waals surface area contributed by atoms with E-state index >= 15 is 0 Å². The minimum absolute atomic E-state index is 0.219. The van der Waals surface area contributed by atoms with Crippen LogP contribution in [0, 0.1) is 17.6 Å². The molecule has 0 saturated carbocycles. The molecule has 2 rings (SSSR count). The van der Waals surface area contributed by atoms with Crippen LogP contribution in [0.4, 0.5) is 8.78 Å². The Morgan fingerprint density at radius 2 is 1.95 bits per heavy atom. The van der Waals surface area contributed by atoms with Crippen LogP contribution in [0.25, 0.3) is 0 Å². The van der Waals surface area contributed by atoms with Crippen molar-refractivity contribution in [2.75, 3.05) is 13.1 Å². The molecule has 0 spiro atoms. The number of benzene rings is 1. The van der Waals surface area contributed by atoms with Crippen LogP contribution in [-0.4, -0.2) is 40.9 Å². The van der Waals surface area contributed by atoms with E-state index in [0.29, 0.717) is 32.4 Å². The molecule has 1 aliphatic rings. The third kappa shape index (κ3) is 3.50. The van der Waals surface area contributed by atoms with Crippen LogP contribution in [0.3, 0.4) is 0 Å². The maximum atomic E-state index is 13.7. The van der Waals surface area contributed by atoms with Crippen molar-refractivity contribution < 1.29 is 23.5 Å². The molecule has 120 valence electrons. The average molecular weight is 311 g/mol. The first-order valence-corrected chi connectivity index (χ1v) is 7.40. The molecule has 6 heteroatoms. The summed E-state index contributed by atoms with van der Waals surface area (Å²) in [5.41, 5.74) is -0.219. The lowest BCUT2D eigenvalue weighted by molar-refractivity contribution is -0.144. The number of Topliss-reactive ketones (excluding diaryl/α,β-unsaturated/α-hetero) is 1. The SMILES string of the molecule is CCC(C(=O)O)N1CCC(C(=O)c2cc(F)ccc2F)CC1. The van der Waals surface area contributed by atoms with Crippen LogP contribution in [0.1, 0.15) is 36.5 Å². The minimum atomic E-state index is -0.872. The number of ketones is 1. The molecule has 1 aliphatic heterocycles. The second-order valence-electron chi connectivity index (χ2n) is 5.56. The van der Waals surface area contributed by atoms with Crippen molar-refractivity contribution in [3.63, 3.8) is 0 Å². The van der Waals surface area contributed by atoms with E-state index in [-0.39, 0.29) is 11.5 Å². The summed E-state index contributed by atoms with van der Waals surface area (Å²) < 4.78 is 26.8. The van der Waals surface area contributed by atoms with Crippen molar-refractivity contribution >= 4 is 11.8 Å². The summed E-state index contributed by atoms with van der Waals surface area (Å²) in [6.45, 7) is 2.74. The van der Waals surface area contributed by atoms with E-state index in [1.165, 1.54) is 0 Å². The molecule has 4 nitrogen and oxygen atoms in total. The van der Waals surface area contributed by atoms with E-state index < -0.39 is 29.4 Å². The molecule has 1 N–H and O–H groups in total. The van der Waals surface area contributed by atoms with E-state index in [1.807, 2.05) is 4.90 Å². The zero-order valence-electron chi connectivity index (χ0n) is 12.4. The lowest BCUT2D eigenvalue weighted by Crippen LogP contribution is -2.46. The quantitative estimate of drug-likeness (QED) is 0.850. The van der Waals surface area contributed by atoms with Crippen molar-refractivity contribution in [2.45, 2.75) is 32.2 Å². The molecule has 1 aromatic rings. The fourth-order valence-electron chi connectivity index (χ4n) is 2.97. The molecule has 22 heavy (non-hydrogen) atoms. The van der Waals surface area contributed by atoms with Gasteiger partial charge in [0.05, 0.1) is 5.56 Å². The largest absolute Gasteiger partial charge is 0.480 e. The monoisotopic (exact) mass is 311 g/mol. The molecule has 1 fully saturated rings. The Balaban J connectivity index is 2.03. The van der Waals surface area contributed by atoms with Crippen molar-refractivity contribution in [2.24, 2.45) is 5.92 Å². The summed E-state index contributed by atoms with van der Waals surface area (Å²) in [6, 6.07) is 2.31. The number of nitrogens with zero attached hydrogens (tertiary/aromatic N) is 1. The predicted molar refractivity (Wildman–Crippen MR) is 76.7 cm³/mol. The highest BCUT2D eigenvalue weighted by Crippen LogP contribution is 2.25. The first-order chi connectivity index (χ1) is 10.4. The molecule has 1 aromatic carbocycles. The van der Waals surface area contributed by atoms with Gasteiger partial charge in [0.25, 0.3) is 0 Å². The normalized spacial score (nSPS) is 18.1. The standard InChI is InChI=1S/C16H19F2NO3/c1-2-14(16(21)22)19-7-5-10(6-8-19)15(20)12-9-11(17)3-4-13(12)18/h3-4,9-10,14H,2,5-8H2,1H3,(H,21,22). The first kappa shape index (κ1) is 16.5. The number of carboxylic acid groups (broad SMARTS) is 1. The number of carbonyl (C=O) groups is 2. The molecule has 1 atom stereocenters. The lowest BCUT2D eigenvalue weighted by Gasteiger charge is -2.34. The number of hydrogen-bond acceptors (Lipinski definition) is 3. The van der Waals surface area contributed by atoms with Gasteiger partial charge in [-0.05, 0) is 50.6 Å². The Morgan fingerprint density at radius 1 is 1.32 bits per heavy atom. The summed E-state index contributed by atoms with van der Waals surface area (Å²) >= 11 is 0. The van der Waals surface area contributed by atoms with Crippen LogP contribution >= 0.6 is 0 Å². The second kappa shape index (κ2) is 6.96. The number of rotatable bonds is 5. The number of carbonyl (C=O) groups excluding carboxylic acids is 1. The van der Waals surface area contributed by atoms with Gasteiger partial charge >= 0.3 is 5.97 Å². The molecule has 1 unspecified atom stereocenters. The van der Waals surface area contributed by atoms with Gasteiger partial charge in [-0.25, -0.2) is 8.78 Å². The van der Waals surface area contributed by atoms with Crippen molar-refractivity contribution in [1.29, 1.82) is 0 Å². The van der Waals surface area contributed by atoms with E-state index in [9.17, 15) is 18.4 Å². The third-order valence-electron chi connectivity index (χ3n) is 4.21. The highest BCUT2D eigenvalue weighted by atomic mass is 19.1. The van der Waals surface area contributed by atoms with Crippen LogP contribution in [0.2, 0.25) is 0 Å². The Hall–Kier alpha value is -1.82. The van der Waals surface area contributed by atoms with Crippen molar-refractivity contribution in [3.8, 4) is 0 Å². The van der Waals surface area contributed by atoms with Gasteiger partial charge < -0.3 is 5.11 Å². The fourth-order valence-corrected chi connectivity index (χ4v) is 2.97. The number of hydrogen-bond donors (Lipinski definition) is 1. The smallest absolute Gasteiger partial charge is 0.320 e. The molecular weight excluding hydrogens is 292 g/mol. The number of carboxylic acids is 1. The summed E-state index contributed by atoms with van der Waals surface area (Å²) in [5.74, 6) is -3.02. The molecule has 0 bridgehead atoms. The fraction of sp³-hybridized carbons (Fsp3) is 0.500. The van der Waals surface area contributed by atoms with E-state index in [1.54, 1.807) is 6.92 Å². The summed E-state index contributed by atoms with van der Waals surface area (Å²) in [5, 5.41) is 9.15. The van der Waals surface area contributed by atoms with Crippen molar-refractivity contribution in [3.05, 3.63) is 35.4 Å². The first-order valence-electron chi connectivity index (χ1n) is 7.40. The van der Waals surface area contributed by atoms with Gasteiger partial charge in [0.2, 0.25) is 0 Å². The molecular formula is C16H19F2NO3. The molecule has 0 aliphatic carbocycles. The maximum Gasteiger partial charge on any atom is 0.320 e. The van der Waals surface area contributed by atoms with Gasteiger partial charge in [0.15, 0.2) is 5.78 Å². The molecule has 1 saturated heterocycles. The number of aliphatic carboxylic acids is 1. The lowest BCUT2D eigenvalue weighted by atomic mass is 9.88. The summed E-state index contributed by atoms with van der Waals surface area (Å²) in [4.78, 5) is 25.3. The van der Waals surface area contributed by atoms with Crippen LogP contribution < -0.4 is 0 Å². The van der Waals surface area contributed by atoms with Gasteiger partial charge in [0.1, 0.15) is 17.7 Å². The minimum Gasteiger partial charge on any atom is -0.480 e. The molecule has 0 radical (unpaired) electrons. The molecule has 0 aromatic heterocycles. The van der Waals surface area contributed by atoms with Crippen LogP contribution in [0.5, 0.6) is 0 Å². The van der Waals surface area contributed by atoms with E-state index in [0.717, 1.165) is 18.2 Å². The Morgan fingerprint density at radius 3 is 2.50 bits per heavy atom. The predicted octanol–water partition coefficient (Wildman–Crippen LogP) is 2.72. The summed E-state index contributed by atoms with van der Waals surface area (Å²) in [6.07, 6.45) is 1.41.